The van der Waals surface area contributed by atoms with Gasteiger partial charge in [-0.15, -0.1) is 0 Å². The standard InChI is InChI=1S/C20H32O2/c1-17-9-11-19(12-10-17)20(15-21-2,16-22-3)14-13-18-7-5-4-6-8-18/h4-8,17,19H,9-16H2,1-3H3. The molecule has 1 aromatic carbocycles. The second kappa shape index (κ2) is 8.69. The van der Waals surface area contributed by atoms with Crippen molar-refractivity contribution >= 4 is 0 Å². The van der Waals surface area contributed by atoms with E-state index in [4.69, 9.17) is 9.47 Å². The van der Waals surface area contributed by atoms with Crippen LogP contribution in [0.4, 0.5) is 0 Å². The van der Waals surface area contributed by atoms with Crippen LogP contribution >= 0.6 is 0 Å². The third-order valence-electron chi connectivity index (χ3n) is 5.50. The van der Waals surface area contributed by atoms with Gasteiger partial charge in [-0.05, 0) is 43.1 Å². The average molecular weight is 304 g/mol. The monoisotopic (exact) mass is 304 g/mol. The molecule has 0 saturated heterocycles. The molecule has 1 aromatic rings. The van der Waals surface area contributed by atoms with Gasteiger partial charge in [0, 0.05) is 19.6 Å². The van der Waals surface area contributed by atoms with E-state index in [9.17, 15) is 0 Å². The van der Waals surface area contributed by atoms with E-state index in [-0.39, 0.29) is 5.41 Å². The Kier molecular flexibility index (Phi) is 6.91. The first-order chi connectivity index (χ1) is 10.7. The van der Waals surface area contributed by atoms with Crippen molar-refractivity contribution in [1.29, 1.82) is 0 Å². The molecular formula is C20H32O2. The zero-order valence-corrected chi connectivity index (χ0v) is 14.5. The molecule has 2 rings (SSSR count). The van der Waals surface area contributed by atoms with Crippen molar-refractivity contribution in [3.8, 4) is 0 Å². The molecular weight excluding hydrogens is 272 g/mol. The van der Waals surface area contributed by atoms with Crippen LogP contribution in [0.25, 0.3) is 0 Å². The normalized spacial score (nSPS) is 22.7. The maximum Gasteiger partial charge on any atom is 0.0543 e. The van der Waals surface area contributed by atoms with E-state index in [1.165, 1.54) is 31.2 Å². The number of hydrogen-bond acceptors (Lipinski definition) is 2. The summed E-state index contributed by atoms with van der Waals surface area (Å²) in [5.74, 6) is 1.61. The number of rotatable bonds is 8. The largest absolute Gasteiger partial charge is 0.384 e. The fraction of sp³-hybridized carbons (Fsp3) is 0.700. The van der Waals surface area contributed by atoms with Crippen LogP contribution in [0, 0.1) is 17.3 Å². The van der Waals surface area contributed by atoms with Gasteiger partial charge >= 0.3 is 0 Å². The molecule has 124 valence electrons. The number of benzene rings is 1. The maximum absolute atomic E-state index is 5.65. The van der Waals surface area contributed by atoms with E-state index >= 15 is 0 Å². The molecule has 0 spiro atoms. The molecule has 2 nitrogen and oxygen atoms in total. The zero-order valence-electron chi connectivity index (χ0n) is 14.5. The van der Waals surface area contributed by atoms with Crippen LogP contribution in [0.1, 0.15) is 44.6 Å². The molecule has 0 unspecified atom stereocenters. The van der Waals surface area contributed by atoms with E-state index in [2.05, 4.69) is 37.3 Å². The van der Waals surface area contributed by atoms with Crippen molar-refractivity contribution in [3.05, 3.63) is 35.9 Å². The van der Waals surface area contributed by atoms with Gasteiger partial charge in [-0.25, -0.2) is 0 Å². The predicted molar refractivity (Wildman–Crippen MR) is 92.1 cm³/mol. The molecule has 0 N–H and O–H groups in total. The van der Waals surface area contributed by atoms with Crippen molar-refractivity contribution in [2.24, 2.45) is 17.3 Å². The molecule has 0 heterocycles. The minimum Gasteiger partial charge on any atom is -0.384 e. The second-order valence-corrected chi connectivity index (χ2v) is 7.17. The molecule has 1 fully saturated rings. The van der Waals surface area contributed by atoms with Gasteiger partial charge in [0.15, 0.2) is 0 Å². The predicted octanol–water partition coefficient (Wildman–Crippen LogP) is 4.72. The van der Waals surface area contributed by atoms with Crippen molar-refractivity contribution in [1.82, 2.24) is 0 Å². The smallest absolute Gasteiger partial charge is 0.0543 e. The van der Waals surface area contributed by atoms with Gasteiger partial charge in [0.2, 0.25) is 0 Å². The molecule has 1 saturated carbocycles. The van der Waals surface area contributed by atoms with Crippen LogP contribution in [-0.4, -0.2) is 27.4 Å². The van der Waals surface area contributed by atoms with Gasteiger partial charge in [0.05, 0.1) is 13.2 Å². The Morgan fingerprint density at radius 2 is 1.55 bits per heavy atom. The molecule has 0 bridgehead atoms. The van der Waals surface area contributed by atoms with Crippen LogP contribution in [-0.2, 0) is 15.9 Å². The fourth-order valence-electron chi connectivity index (χ4n) is 4.11. The third kappa shape index (κ3) is 4.57. The Morgan fingerprint density at radius 1 is 0.955 bits per heavy atom. The van der Waals surface area contributed by atoms with E-state index < -0.39 is 0 Å². The Balaban J connectivity index is 2.09. The zero-order chi connectivity index (χ0) is 15.8. The van der Waals surface area contributed by atoms with E-state index in [1.807, 2.05) is 14.2 Å². The summed E-state index contributed by atoms with van der Waals surface area (Å²) in [6, 6.07) is 10.8. The van der Waals surface area contributed by atoms with Crippen LogP contribution in [0.15, 0.2) is 30.3 Å². The first kappa shape index (κ1) is 17.5. The van der Waals surface area contributed by atoms with E-state index in [1.54, 1.807) is 0 Å². The molecule has 22 heavy (non-hydrogen) atoms. The number of hydrogen-bond donors (Lipinski definition) is 0. The third-order valence-corrected chi connectivity index (χ3v) is 5.50. The summed E-state index contributed by atoms with van der Waals surface area (Å²) in [5, 5.41) is 0. The highest BCUT2D eigenvalue weighted by molar-refractivity contribution is 5.15. The summed E-state index contributed by atoms with van der Waals surface area (Å²) in [5.41, 5.74) is 1.59. The van der Waals surface area contributed by atoms with Gasteiger partial charge in [0.1, 0.15) is 0 Å². The molecule has 1 aliphatic carbocycles. The lowest BCUT2D eigenvalue weighted by molar-refractivity contribution is -0.0493. The summed E-state index contributed by atoms with van der Waals surface area (Å²) in [7, 11) is 3.66. The molecule has 2 heteroatoms. The molecule has 0 aromatic heterocycles. The lowest BCUT2D eigenvalue weighted by atomic mass is 9.65. The highest BCUT2D eigenvalue weighted by Crippen LogP contribution is 2.43. The van der Waals surface area contributed by atoms with Crippen molar-refractivity contribution in [3.63, 3.8) is 0 Å². The van der Waals surface area contributed by atoms with E-state index in [0.29, 0.717) is 0 Å². The fourth-order valence-corrected chi connectivity index (χ4v) is 4.11. The molecule has 0 amide bonds. The van der Waals surface area contributed by atoms with Crippen LogP contribution in [0.3, 0.4) is 0 Å². The summed E-state index contributed by atoms with van der Waals surface area (Å²) < 4.78 is 11.3. The Morgan fingerprint density at radius 3 is 2.09 bits per heavy atom. The van der Waals surface area contributed by atoms with Gasteiger partial charge in [0.25, 0.3) is 0 Å². The van der Waals surface area contributed by atoms with Gasteiger partial charge in [-0.3, -0.25) is 0 Å². The number of methoxy groups -OCH3 is 2. The van der Waals surface area contributed by atoms with Crippen molar-refractivity contribution in [2.45, 2.75) is 45.4 Å². The SMILES string of the molecule is COCC(CCc1ccccc1)(COC)C1CCC(C)CC1. The minimum absolute atomic E-state index is 0.166. The lowest BCUT2D eigenvalue weighted by Gasteiger charge is -2.43. The first-order valence-corrected chi connectivity index (χ1v) is 8.72. The number of aryl methyl sites for hydroxylation is 1. The van der Waals surface area contributed by atoms with Gasteiger partial charge < -0.3 is 9.47 Å². The topological polar surface area (TPSA) is 18.5 Å². The lowest BCUT2D eigenvalue weighted by Crippen LogP contribution is -2.41. The quantitative estimate of drug-likeness (QED) is 0.691. The Labute approximate surface area is 136 Å². The van der Waals surface area contributed by atoms with Crippen molar-refractivity contribution < 1.29 is 9.47 Å². The van der Waals surface area contributed by atoms with E-state index in [0.717, 1.165) is 37.9 Å². The van der Waals surface area contributed by atoms with Crippen LogP contribution in [0.2, 0.25) is 0 Å². The molecule has 0 atom stereocenters. The van der Waals surface area contributed by atoms with Gasteiger partial charge in [-0.1, -0.05) is 50.1 Å². The summed E-state index contributed by atoms with van der Waals surface area (Å²) in [4.78, 5) is 0. The molecule has 0 aliphatic heterocycles. The summed E-state index contributed by atoms with van der Waals surface area (Å²) >= 11 is 0. The van der Waals surface area contributed by atoms with Crippen molar-refractivity contribution in [2.75, 3.05) is 27.4 Å². The average Bonchev–Trinajstić information content (AvgIpc) is 2.55. The number of ether oxygens (including phenoxy) is 2. The molecule has 0 radical (unpaired) electrons. The minimum atomic E-state index is 0.166. The summed E-state index contributed by atoms with van der Waals surface area (Å²) in [6.07, 6.45) is 7.61. The molecule has 1 aliphatic rings. The second-order valence-electron chi connectivity index (χ2n) is 7.17. The summed E-state index contributed by atoms with van der Waals surface area (Å²) in [6.45, 7) is 4.01. The Bertz CT molecular complexity index is 401. The van der Waals surface area contributed by atoms with Gasteiger partial charge in [-0.2, -0.15) is 0 Å². The highest BCUT2D eigenvalue weighted by Gasteiger charge is 2.40. The van der Waals surface area contributed by atoms with Crippen LogP contribution < -0.4 is 0 Å². The highest BCUT2D eigenvalue weighted by atomic mass is 16.5. The Hall–Kier alpha value is -0.860. The maximum atomic E-state index is 5.65. The first-order valence-electron chi connectivity index (χ1n) is 8.72. The van der Waals surface area contributed by atoms with Crippen LogP contribution in [0.5, 0.6) is 0 Å².